The molecule has 0 radical (unpaired) electrons. The Balaban J connectivity index is 2.45. The largest absolute Gasteiger partial charge is 0.274 e. The molecular formula is C11H10BrNO2. The van der Waals surface area contributed by atoms with Gasteiger partial charge in [-0.05, 0) is 30.7 Å². The normalized spacial score (nSPS) is 16.3. The lowest BCUT2D eigenvalue weighted by atomic mass is 10.2. The number of rotatable bonds is 1. The van der Waals surface area contributed by atoms with Crippen LogP contribution in [0.1, 0.15) is 18.4 Å². The van der Waals surface area contributed by atoms with Gasteiger partial charge in [0.25, 0.3) is 0 Å². The van der Waals surface area contributed by atoms with Crippen LogP contribution in [-0.4, -0.2) is 11.8 Å². The molecule has 2 amide bonds. The smallest absolute Gasteiger partial charge is 0.234 e. The zero-order chi connectivity index (χ0) is 11.0. The van der Waals surface area contributed by atoms with Gasteiger partial charge < -0.3 is 0 Å². The van der Waals surface area contributed by atoms with Crippen LogP contribution in [0.3, 0.4) is 0 Å². The van der Waals surface area contributed by atoms with Crippen molar-refractivity contribution < 1.29 is 9.59 Å². The average molecular weight is 268 g/mol. The molecule has 1 aromatic carbocycles. The summed E-state index contributed by atoms with van der Waals surface area (Å²) in [4.78, 5) is 24.3. The van der Waals surface area contributed by atoms with E-state index in [4.69, 9.17) is 0 Å². The number of carbonyl (C=O) groups excluding carboxylic acids is 2. The first kappa shape index (κ1) is 10.4. The molecule has 1 fully saturated rings. The van der Waals surface area contributed by atoms with E-state index in [0.717, 1.165) is 10.0 Å². The highest BCUT2D eigenvalue weighted by atomic mass is 79.9. The quantitative estimate of drug-likeness (QED) is 0.733. The number of hydrogen-bond donors (Lipinski definition) is 0. The standard InChI is InChI=1S/C11H10BrNO2/c1-7-6-8(12)2-3-9(7)13-10(14)4-5-11(13)15/h2-3,6H,4-5H2,1H3. The van der Waals surface area contributed by atoms with Gasteiger partial charge in [0.1, 0.15) is 0 Å². The Morgan fingerprint density at radius 1 is 1.20 bits per heavy atom. The lowest BCUT2D eigenvalue weighted by molar-refractivity contribution is -0.121. The van der Waals surface area contributed by atoms with E-state index in [2.05, 4.69) is 15.9 Å². The van der Waals surface area contributed by atoms with E-state index in [9.17, 15) is 9.59 Å². The number of benzene rings is 1. The Labute approximate surface area is 96.2 Å². The molecule has 0 atom stereocenters. The number of amides is 2. The zero-order valence-electron chi connectivity index (χ0n) is 8.29. The van der Waals surface area contributed by atoms with E-state index in [0.29, 0.717) is 18.5 Å². The summed E-state index contributed by atoms with van der Waals surface area (Å²) in [5, 5.41) is 0. The molecule has 3 nitrogen and oxygen atoms in total. The molecular weight excluding hydrogens is 258 g/mol. The third kappa shape index (κ3) is 1.81. The number of carbonyl (C=O) groups is 2. The minimum Gasteiger partial charge on any atom is -0.274 e. The van der Waals surface area contributed by atoms with Crippen molar-refractivity contribution in [1.29, 1.82) is 0 Å². The number of hydrogen-bond acceptors (Lipinski definition) is 2. The van der Waals surface area contributed by atoms with E-state index in [1.54, 1.807) is 6.07 Å². The van der Waals surface area contributed by atoms with Crippen molar-refractivity contribution in [1.82, 2.24) is 0 Å². The van der Waals surface area contributed by atoms with Crippen molar-refractivity contribution in [3.05, 3.63) is 28.2 Å². The second-order valence-corrected chi connectivity index (χ2v) is 4.47. The van der Waals surface area contributed by atoms with Gasteiger partial charge in [-0.2, -0.15) is 0 Å². The van der Waals surface area contributed by atoms with E-state index >= 15 is 0 Å². The molecule has 1 aliphatic rings. The van der Waals surface area contributed by atoms with Gasteiger partial charge in [-0.15, -0.1) is 0 Å². The molecule has 1 aliphatic heterocycles. The van der Waals surface area contributed by atoms with Gasteiger partial charge in [0, 0.05) is 17.3 Å². The third-order valence-electron chi connectivity index (χ3n) is 2.45. The number of anilines is 1. The summed E-state index contributed by atoms with van der Waals surface area (Å²) in [5.41, 5.74) is 1.62. The molecule has 0 unspecified atom stereocenters. The van der Waals surface area contributed by atoms with Crippen LogP contribution in [0.15, 0.2) is 22.7 Å². The lowest BCUT2D eigenvalue weighted by Crippen LogP contribution is -2.29. The molecule has 78 valence electrons. The summed E-state index contributed by atoms with van der Waals surface area (Å²) in [7, 11) is 0. The average Bonchev–Trinajstić information content (AvgIpc) is 2.48. The molecule has 1 heterocycles. The van der Waals surface area contributed by atoms with Crippen LogP contribution >= 0.6 is 15.9 Å². The lowest BCUT2D eigenvalue weighted by Gasteiger charge is -2.16. The van der Waals surface area contributed by atoms with Crippen LogP contribution < -0.4 is 4.90 Å². The second kappa shape index (κ2) is 3.77. The monoisotopic (exact) mass is 267 g/mol. The van der Waals surface area contributed by atoms with Gasteiger partial charge in [0.05, 0.1) is 5.69 Å². The molecule has 0 bridgehead atoms. The molecule has 0 N–H and O–H groups in total. The van der Waals surface area contributed by atoms with Crippen molar-refractivity contribution in [3.63, 3.8) is 0 Å². The molecule has 0 saturated carbocycles. The Morgan fingerprint density at radius 3 is 2.33 bits per heavy atom. The van der Waals surface area contributed by atoms with Crippen molar-refractivity contribution in [2.75, 3.05) is 4.90 Å². The molecule has 0 spiro atoms. The molecule has 4 heteroatoms. The predicted molar refractivity (Wildman–Crippen MR) is 60.6 cm³/mol. The molecule has 2 rings (SSSR count). The highest BCUT2D eigenvalue weighted by Crippen LogP contribution is 2.28. The van der Waals surface area contributed by atoms with Crippen molar-refractivity contribution in [2.24, 2.45) is 0 Å². The van der Waals surface area contributed by atoms with Gasteiger partial charge in [-0.1, -0.05) is 15.9 Å². The van der Waals surface area contributed by atoms with E-state index in [-0.39, 0.29) is 11.8 Å². The Kier molecular flexibility index (Phi) is 2.61. The SMILES string of the molecule is Cc1cc(Br)ccc1N1C(=O)CCC1=O. The van der Waals surface area contributed by atoms with Crippen LogP contribution in [0.25, 0.3) is 0 Å². The Morgan fingerprint density at radius 2 is 1.80 bits per heavy atom. The minimum atomic E-state index is -0.106. The van der Waals surface area contributed by atoms with Crippen molar-refractivity contribution in [3.8, 4) is 0 Å². The first-order chi connectivity index (χ1) is 7.09. The van der Waals surface area contributed by atoms with Crippen LogP contribution in [-0.2, 0) is 9.59 Å². The first-order valence-electron chi connectivity index (χ1n) is 4.71. The van der Waals surface area contributed by atoms with E-state index in [1.165, 1.54) is 4.90 Å². The maximum Gasteiger partial charge on any atom is 0.234 e. The zero-order valence-corrected chi connectivity index (χ0v) is 9.87. The fourth-order valence-electron chi connectivity index (χ4n) is 1.72. The van der Waals surface area contributed by atoms with Gasteiger partial charge >= 0.3 is 0 Å². The fraction of sp³-hybridized carbons (Fsp3) is 0.273. The summed E-state index contributed by atoms with van der Waals surface area (Å²) in [6.45, 7) is 1.89. The van der Waals surface area contributed by atoms with E-state index < -0.39 is 0 Å². The van der Waals surface area contributed by atoms with Crippen LogP contribution in [0, 0.1) is 6.92 Å². The van der Waals surface area contributed by atoms with Gasteiger partial charge in [0.15, 0.2) is 0 Å². The molecule has 0 aromatic heterocycles. The van der Waals surface area contributed by atoms with Crippen molar-refractivity contribution in [2.45, 2.75) is 19.8 Å². The second-order valence-electron chi connectivity index (χ2n) is 3.55. The maximum absolute atomic E-state index is 11.5. The van der Waals surface area contributed by atoms with Gasteiger partial charge in [-0.25, -0.2) is 0 Å². The van der Waals surface area contributed by atoms with Crippen LogP contribution in [0.5, 0.6) is 0 Å². The summed E-state index contributed by atoms with van der Waals surface area (Å²) < 4.78 is 0.947. The first-order valence-corrected chi connectivity index (χ1v) is 5.51. The predicted octanol–water partition coefficient (Wildman–Crippen LogP) is 2.41. The van der Waals surface area contributed by atoms with Crippen molar-refractivity contribution >= 4 is 33.4 Å². The number of aryl methyl sites for hydroxylation is 1. The summed E-state index contributed by atoms with van der Waals surface area (Å²) in [6, 6.07) is 5.52. The molecule has 1 aromatic rings. The maximum atomic E-state index is 11.5. The van der Waals surface area contributed by atoms with Crippen LogP contribution in [0.4, 0.5) is 5.69 Å². The number of nitrogens with zero attached hydrogens (tertiary/aromatic N) is 1. The topological polar surface area (TPSA) is 37.4 Å². The molecule has 1 saturated heterocycles. The Bertz CT molecular complexity index is 426. The summed E-state index contributed by atoms with van der Waals surface area (Å²) >= 11 is 3.35. The molecule has 15 heavy (non-hydrogen) atoms. The highest BCUT2D eigenvalue weighted by molar-refractivity contribution is 9.10. The van der Waals surface area contributed by atoms with E-state index in [1.807, 2.05) is 19.1 Å². The van der Waals surface area contributed by atoms with Crippen LogP contribution in [0.2, 0.25) is 0 Å². The number of imide groups is 1. The fourth-order valence-corrected chi connectivity index (χ4v) is 2.19. The highest BCUT2D eigenvalue weighted by Gasteiger charge is 2.30. The summed E-state index contributed by atoms with van der Waals surface area (Å²) in [6.07, 6.45) is 0.655. The molecule has 0 aliphatic carbocycles. The van der Waals surface area contributed by atoms with Gasteiger partial charge in [-0.3, -0.25) is 14.5 Å². The third-order valence-corrected chi connectivity index (χ3v) is 2.94. The summed E-state index contributed by atoms with van der Waals surface area (Å²) in [5.74, 6) is -0.212. The van der Waals surface area contributed by atoms with Gasteiger partial charge in [0.2, 0.25) is 11.8 Å². The number of halogens is 1. The Hall–Kier alpha value is -1.16. The minimum absolute atomic E-state index is 0.106.